The van der Waals surface area contributed by atoms with E-state index in [1.54, 1.807) is 0 Å². The Hall–Kier alpha value is -1.50. The van der Waals surface area contributed by atoms with E-state index in [0.717, 1.165) is 37.0 Å². The molecule has 6 heteroatoms. The summed E-state index contributed by atoms with van der Waals surface area (Å²) in [5, 5.41) is 5.26. The highest BCUT2D eigenvalue weighted by Gasteiger charge is 2.28. The summed E-state index contributed by atoms with van der Waals surface area (Å²) < 4.78 is 5.69. The van der Waals surface area contributed by atoms with Crippen molar-refractivity contribution in [2.24, 2.45) is 0 Å². The minimum atomic E-state index is 0.113. The summed E-state index contributed by atoms with van der Waals surface area (Å²) in [5.41, 5.74) is 2.34. The van der Waals surface area contributed by atoms with Crippen LogP contribution in [0.4, 0.5) is 5.82 Å². The van der Waals surface area contributed by atoms with Gasteiger partial charge in [-0.3, -0.25) is 4.90 Å². The maximum absolute atomic E-state index is 5.69. The second-order valence-corrected chi connectivity index (χ2v) is 6.59. The van der Waals surface area contributed by atoms with E-state index in [-0.39, 0.29) is 6.04 Å². The monoisotopic (exact) mass is 318 g/mol. The predicted molar refractivity (Wildman–Crippen MR) is 89.3 cm³/mol. The van der Waals surface area contributed by atoms with Gasteiger partial charge in [0.2, 0.25) is 0 Å². The smallest absolute Gasteiger partial charge is 0.150 e. The van der Waals surface area contributed by atoms with E-state index in [4.69, 9.17) is 4.74 Å². The first kappa shape index (κ1) is 15.4. The number of nitrogens with zero attached hydrogens (tertiary/aromatic N) is 3. The van der Waals surface area contributed by atoms with Crippen LogP contribution in [0.2, 0.25) is 0 Å². The molecule has 1 saturated heterocycles. The fourth-order valence-electron chi connectivity index (χ4n) is 2.68. The van der Waals surface area contributed by atoms with Crippen molar-refractivity contribution in [3.8, 4) is 0 Å². The molecule has 2 aromatic heterocycles. The molecule has 0 unspecified atom stereocenters. The average molecular weight is 318 g/mol. The Morgan fingerprint density at radius 3 is 3.00 bits per heavy atom. The van der Waals surface area contributed by atoms with Gasteiger partial charge in [0.25, 0.3) is 0 Å². The Kier molecular flexibility index (Phi) is 4.71. The normalized spacial score (nSPS) is 19.3. The largest absolute Gasteiger partial charge is 0.378 e. The summed E-state index contributed by atoms with van der Waals surface area (Å²) in [5.74, 6) is 1.71. The molecule has 0 amide bonds. The van der Waals surface area contributed by atoms with Crippen molar-refractivity contribution in [2.75, 3.05) is 32.1 Å². The lowest BCUT2D eigenvalue weighted by Gasteiger charge is -2.34. The van der Waals surface area contributed by atoms with E-state index in [2.05, 4.69) is 38.6 Å². The van der Waals surface area contributed by atoms with Crippen molar-refractivity contribution >= 4 is 17.2 Å². The van der Waals surface area contributed by atoms with Gasteiger partial charge in [-0.05, 0) is 30.9 Å². The quantitative estimate of drug-likeness (QED) is 0.939. The molecule has 1 aliphatic heterocycles. The van der Waals surface area contributed by atoms with E-state index in [9.17, 15) is 0 Å². The van der Waals surface area contributed by atoms with Crippen molar-refractivity contribution in [1.82, 2.24) is 14.9 Å². The summed E-state index contributed by atoms with van der Waals surface area (Å²) in [6, 6.07) is 4.25. The number of nitrogens with one attached hydrogen (secondary N) is 1. The summed E-state index contributed by atoms with van der Waals surface area (Å²) in [6.45, 7) is 7.44. The van der Waals surface area contributed by atoms with Crippen molar-refractivity contribution in [2.45, 2.75) is 26.4 Å². The molecule has 22 heavy (non-hydrogen) atoms. The molecule has 0 aliphatic carbocycles. The first-order valence-corrected chi connectivity index (χ1v) is 8.43. The van der Waals surface area contributed by atoms with Gasteiger partial charge in [-0.25, -0.2) is 9.97 Å². The van der Waals surface area contributed by atoms with Gasteiger partial charge in [0.1, 0.15) is 11.6 Å². The SMILES string of the molecule is CNc1cc(C)nc([C@@H]2COCCN2Cc2sccc2C)n1. The second-order valence-electron chi connectivity index (χ2n) is 5.59. The molecule has 1 atom stereocenters. The molecule has 118 valence electrons. The summed E-state index contributed by atoms with van der Waals surface area (Å²) in [4.78, 5) is 13.1. The third-order valence-electron chi connectivity index (χ3n) is 3.98. The maximum atomic E-state index is 5.69. The number of morpholine rings is 1. The lowest BCUT2D eigenvalue weighted by molar-refractivity contribution is -0.0155. The minimum Gasteiger partial charge on any atom is -0.378 e. The Labute approximate surface area is 135 Å². The van der Waals surface area contributed by atoms with Crippen molar-refractivity contribution in [1.29, 1.82) is 0 Å². The third-order valence-corrected chi connectivity index (χ3v) is 4.99. The fourth-order valence-corrected chi connectivity index (χ4v) is 3.61. The van der Waals surface area contributed by atoms with Crippen LogP contribution in [-0.2, 0) is 11.3 Å². The zero-order valence-corrected chi connectivity index (χ0v) is 14.1. The lowest BCUT2D eigenvalue weighted by atomic mass is 10.2. The van der Waals surface area contributed by atoms with Crippen molar-refractivity contribution < 1.29 is 4.74 Å². The molecule has 2 aromatic rings. The van der Waals surface area contributed by atoms with Gasteiger partial charge in [-0.2, -0.15) is 0 Å². The van der Waals surface area contributed by atoms with Gasteiger partial charge < -0.3 is 10.1 Å². The molecular weight excluding hydrogens is 296 g/mol. The van der Waals surface area contributed by atoms with Gasteiger partial charge in [0.15, 0.2) is 0 Å². The molecule has 0 saturated carbocycles. The molecule has 1 N–H and O–H groups in total. The van der Waals surface area contributed by atoms with Crippen LogP contribution in [0.3, 0.4) is 0 Å². The summed E-state index contributed by atoms with van der Waals surface area (Å²) in [7, 11) is 1.88. The third kappa shape index (κ3) is 3.29. The highest BCUT2D eigenvalue weighted by Crippen LogP contribution is 2.27. The highest BCUT2D eigenvalue weighted by atomic mass is 32.1. The Bertz CT molecular complexity index is 643. The number of aryl methyl sites for hydroxylation is 2. The minimum absolute atomic E-state index is 0.113. The molecular formula is C16H22N4OS. The van der Waals surface area contributed by atoms with E-state index in [0.29, 0.717) is 6.61 Å². The van der Waals surface area contributed by atoms with Crippen LogP contribution >= 0.6 is 11.3 Å². The van der Waals surface area contributed by atoms with Crippen LogP contribution in [0.15, 0.2) is 17.5 Å². The van der Waals surface area contributed by atoms with Gasteiger partial charge in [0.05, 0.1) is 19.3 Å². The Balaban J connectivity index is 1.86. The van der Waals surface area contributed by atoms with Gasteiger partial charge in [-0.15, -0.1) is 11.3 Å². The molecule has 1 aliphatic rings. The lowest BCUT2D eigenvalue weighted by Crippen LogP contribution is -2.40. The number of thiophene rings is 1. The molecule has 3 heterocycles. The summed E-state index contributed by atoms with van der Waals surface area (Å²) >= 11 is 1.82. The molecule has 0 bridgehead atoms. The van der Waals surface area contributed by atoms with Crippen LogP contribution in [0, 0.1) is 13.8 Å². The number of hydrogen-bond donors (Lipinski definition) is 1. The molecule has 0 aromatic carbocycles. The molecule has 0 radical (unpaired) electrons. The number of ether oxygens (including phenoxy) is 1. The number of hydrogen-bond acceptors (Lipinski definition) is 6. The Morgan fingerprint density at radius 2 is 2.27 bits per heavy atom. The van der Waals surface area contributed by atoms with Crippen LogP contribution in [0.5, 0.6) is 0 Å². The van der Waals surface area contributed by atoms with E-state index < -0.39 is 0 Å². The molecule has 1 fully saturated rings. The molecule has 5 nitrogen and oxygen atoms in total. The standard InChI is InChI=1S/C16H22N4OS/c1-11-4-7-22-14(11)9-20-5-6-21-10-13(20)16-18-12(2)8-15(17-3)19-16/h4,7-8,13H,5-6,9-10H2,1-3H3,(H,17,18,19)/t13-/m0/s1. The zero-order valence-electron chi connectivity index (χ0n) is 13.3. The highest BCUT2D eigenvalue weighted by molar-refractivity contribution is 7.10. The van der Waals surface area contributed by atoms with Crippen molar-refractivity contribution in [3.63, 3.8) is 0 Å². The maximum Gasteiger partial charge on any atom is 0.150 e. The van der Waals surface area contributed by atoms with Gasteiger partial charge in [-0.1, -0.05) is 0 Å². The van der Waals surface area contributed by atoms with Crippen LogP contribution < -0.4 is 5.32 Å². The summed E-state index contributed by atoms with van der Waals surface area (Å²) in [6.07, 6.45) is 0. The fraction of sp³-hybridized carbons (Fsp3) is 0.500. The predicted octanol–water partition coefficient (Wildman–Crippen LogP) is 2.77. The Morgan fingerprint density at radius 1 is 1.41 bits per heavy atom. The molecule has 0 spiro atoms. The topological polar surface area (TPSA) is 50.3 Å². The first-order valence-electron chi connectivity index (χ1n) is 7.55. The molecule has 3 rings (SSSR count). The van der Waals surface area contributed by atoms with Gasteiger partial charge in [0, 0.05) is 36.8 Å². The van der Waals surface area contributed by atoms with E-state index >= 15 is 0 Å². The average Bonchev–Trinajstić information content (AvgIpc) is 2.92. The van der Waals surface area contributed by atoms with Crippen LogP contribution in [0.1, 0.15) is 28.0 Å². The first-order chi connectivity index (χ1) is 10.7. The second kappa shape index (κ2) is 6.73. The zero-order chi connectivity index (χ0) is 15.5. The van der Waals surface area contributed by atoms with Crippen LogP contribution in [-0.4, -0.2) is 41.7 Å². The van der Waals surface area contributed by atoms with E-state index in [1.165, 1.54) is 10.4 Å². The number of aromatic nitrogens is 2. The number of anilines is 1. The number of rotatable bonds is 4. The van der Waals surface area contributed by atoms with Crippen molar-refractivity contribution in [3.05, 3.63) is 39.5 Å². The van der Waals surface area contributed by atoms with Crippen LogP contribution in [0.25, 0.3) is 0 Å². The van der Waals surface area contributed by atoms with E-state index in [1.807, 2.05) is 31.4 Å². The van der Waals surface area contributed by atoms with Gasteiger partial charge >= 0.3 is 0 Å².